The number of nitrogens with zero attached hydrogens (tertiary/aromatic N) is 2. The number of likely N-dealkylation sites (tertiary alicyclic amines) is 1. The molecule has 5 heteroatoms. The maximum Gasteiger partial charge on any atom is 0.141 e. The van der Waals surface area contributed by atoms with E-state index in [2.05, 4.69) is 21.8 Å². The molecule has 0 aliphatic carbocycles. The van der Waals surface area contributed by atoms with Crippen molar-refractivity contribution in [3.63, 3.8) is 0 Å². The Balaban J connectivity index is 1.46. The highest BCUT2D eigenvalue weighted by molar-refractivity contribution is 7.99. The molecule has 1 atom stereocenters. The molecule has 3 rings (SSSR count). The first-order valence-electron chi connectivity index (χ1n) is 7.25. The third-order valence-corrected chi connectivity index (χ3v) is 4.64. The summed E-state index contributed by atoms with van der Waals surface area (Å²) >= 11 is 1.88. The molecular formula is C15H21N3OS. The van der Waals surface area contributed by atoms with Crippen molar-refractivity contribution in [2.75, 3.05) is 25.4 Å². The van der Waals surface area contributed by atoms with Crippen LogP contribution in [0.3, 0.4) is 0 Å². The molecule has 0 bridgehead atoms. The quantitative estimate of drug-likeness (QED) is 0.830. The number of nitrogens with one attached hydrogen (secondary N) is 1. The van der Waals surface area contributed by atoms with Crippen LogP contribution in [0.25, 0.3) is 11.0 Å². The molecule has 20 heavy (non-hydrogen) atoms. The fourth-order valence-corrected chi connectivity index (χ4v) is 3.44. The molecule has 0 radical (unpaired) electrons. The van der Waals surface area contributed by atoms with Crippen LogP contribution in [0, 0.1) is 0 Å². The second-order valence-electron chi connectivity index (χ2n) is 5.19. The van der Waals surface area contributed by atoms with Gasteiger partial charge in [0.1, 0.15) is 11.2 Å². The minimum atomic E-state index is 0.179. The third kappa shape index (κ3) is 3.46. The average Bonchev–Trinajstić information content (AvgIpc) is 3.08. The number of hydrogen-bond acceptors (Lipinski definition) is 4. The lowest BCUT2D eigenvalue weighted by atomic mass is 10.3. The van der Waals surface area contributed by atoms with Gasteiger partial charge in [0.15, 0.2) is 0 Å². The summed E-state index contributed by atoms with van der Waals surface area (Å²) in [6, 6.07) is 5.99. The van der Waals surface area contributed by atoms with Gasteiger partial charge in [0.05, 0.1) is 17.4 Å². The number of aromatic nitrogens is 2. The van der Waals surface area contributed by atoms with Gasteiger partial charge in [-0.2, -0.15) is 0 Å². The van der Waals surface area contributed by atoms with Crippen molar-refractivity contribution >= 4 is 22.8 Å². The lowest BCUT2D eigenvalue weighted by Gasteiger charge is -2.17. The van der Waals surface area contributed by atoms with Crippen LogP contribution in [0.4, 0.5) is 0 Å². The van der Waals surface area contributed by atoms with E-state index in [1.165, 1.54) is 32.5 Å². The SMILES string of the molecule is CC(Oc1ccc2nc[nH]c2c1)SCCN1CCCC1. The van der Waals surface area contributed by atoms with E-state index in [0.29, 0.717) is 0 Å². The largest absolute Gasteiger partial charge is 0.480 e. The molecule has 1 aliphatic rings. The molecule has 2 heterocycles. The van der Waals surface area contributed by atoms with Gasteiger partial charge >= 0.3 is 0 Å². The van der Waals surface area contributed by atoms with E-state index in [1.807, 2.05) is 30.0 Å². The highest BCUT2D eigenvalue weighted by Gasteiger charge is 2.12. The van der Waals surface area contributed by atoms with Gasteiger partial charge in [-0.1, -0.05) is 0 Å². The van der Waals surface area contributed by atoms with Crippen molar-refractivity contribution in [3.05, 3.63) is 24.5 Å². The van der Waals surface area contributed by atoms with E-state index < -0.39 is 0 Å². The summed E-state index contributed by atoms with van der Waals surface area (Å²) in [5.74, 6) is 2.04. The minimum absolute atomic E-state index is 0.179. The summed E-state index contributed by atoms with van der Waals surface area (Å²) < 4.78 is 5.95. The van der Waals surface area contributed by atoms with E-state index in [-0.39, 0.29) is 5.44 Å². The van der Waals surface area contributed by atoms with Gasteiger partial charge < -0.3 is 14.6 Å². The van der Waals surface area contributed by atoms with Gasteiger partial charge in [0, 0.05) is 18.4 Å². The molecule has 0 spiro atoms. The number of H-pyrrole nitrogens is 1. The normalized spacial score (nSPS) is 17.6. The molecule has 108 valence electrons. The summed E-state index contributed by atoms with van der Waals surface area (Å²) in [5.41, 5.74) is 2.18. The fraction of sp³-hybridized carbons (Fsp3) is 0.533. The van der Waals surface area contributed by atoms with Gasteiger partial charge in [-0.3, -0.25) is 0 Å². The van der Waals surface area contributed by atoms with Gasteiger partial charge in [0.25, 0.3) is 0 Å². The minimum Gasteiger partial charge on any atom is -0.480 e. The maximum atomic E-state index is 5.95. The maximum absolute atomic E-state index is 5.95. The molecule has 0 saturated carbocycles. The Morgan fingerprint density at radius 3 is 3.10 bits per heavy atom. The van der Waals surface area contributed by atoms with Crippen LogP contribution >= 0.6 is 11.8 Å². The Hall–Kier alpha value is -1.20. The van der Waals surface area contributed by atoms with Crippen LogP contribution in [-0.2, 0) is 0 Å². The van der Waals surface area contributed by atoms with Crippen molar-refractivity contribution in [1.82, 2.24) is 14.9 Å². The van der Waals surface area contributed by atoms with Gasteiger partial charge in [-0.15, -0.1) is 11.8 Å². The fourth-order valence-electron chi connectivity index (χ4n) is 2.57. The van der Waals surface area contributed by atoms with Crippen LogP contribution < -0.4 is 4.74 Å². The molecule has 2 aromatic rings. The number of benzene rings is 1. The first kappa shape index (κ1) is 13.8. The zero-order valence-corrected chi connectivity index (χ0v) is 12.7. The molecule has 1 saturated heterocycles. The van der Waals surface area contributed by atoms with E-state index in [1.54, 1.807) is 6.33 Å². The van der Waals surface area contributed by atoms with E-state index >= 15 is 0 Å². The summed E-state index contributed by atoms with van der Waals surface area (Å²) in [5, 5.41) is 0. The number of aromatic amines is 1. The molecule has 1 N–H and O–H groups in total. The van der Waals surface area contributed by atoms with E-state index in [0.717, 1.165) is 22.5 Å². The molecule has 1 unspecified atom stereocenters. The molecule has 1 aromatic heterocycles. The molecule has 1 fully saturated rings. The molecule has 4 nitrogen and oxygen atoms in total. The van der Waals surface area contributed by atoms with Gasteiger partial charge in [0.2, 0.25) is 0 Å². The smallest absolute Gasteiger partial charge is 0.141 e. The molecule has 1 aromatic carbocycles. The number of fused-ring (bicyclic) bond motifs is 1. The zero-order valence-electron chi connectivity index (χ0n) is 11.8. The van der Waals surface area contributed by atoms with E-state index in [9.17, 15) is 0 Å². The number of imidazole rings is 1. The summed E-state index contributed by atoms with van der Waals surface area (Å²) in [6.45, 7) is 5.84. The summed E-state index contributed by atoms with van der Waals surface area (Å²) in [6.07, 6.45) is 4.44. The van der Waals surface area contributed by atoms with Crippen molar-refractivity contribution in [2.24, 2.45) is 0 Å². The predicted octanol–water partition coefficient (Wildman–Crippen LogP) is 3.12. The standard InChI is InChI=1S/C15H21N3OS/c1-12(20-9-8-18-6-2-3-7-18)19-13-4-5-14-15(10-13)17-11-16-14/h4-5,10-12H,2-3,6-9H2,1H3,(H,16,17). The number of hydrogen-bond donors (Lipinski definition) is 1. The van der Waals surface area contributed by atoms with Gasteiger partial charge in [-0.05, 0) is 45.0 Å². The van der Waals surface area contributed by atoms with Gasteiger partial charge in [-0.25, -0.2) is 4.98 Å². The average molecular weight is 291 g/mol. The Bertz CT molecular complexity index is 551. The highest BCUT2D eigenvalue weighted by Crippen LogP contribution is 2.22. The number of rotatable bonds is 6. The van der Waals surface area contributed by atoms with Crippen molar-refractivity contribution < 1.29 is 4.74 Å². The lowest BCUT2D eigenvalue weighted by molar-refractivity contribution is 0.306. The van der Waals surface area contributed by atoms with Crippen LogP contribution in [0.15, 0.2) is 24.5 Å². The highest BCUT2D eigenvalue weighted by atomic mass is 32.2. The third-order valence-electron chi connectivity index (χ3n) is 3.65. The van der Waals surface area contributed by atoms with Crippen LogP contribution in [0.1, 0.15) is 19.8 Å². The molecule has 0 amide bonds. The van der Waals surface area contributed by atoms with Crippen molar-refractivity contribution in [2.45, 2.75) is 25.2 Å². The Morgan fingerprint density at radius 2 is 2.25 bits per heavy atom. The summed E-state index contributed by atoms with van der Waals surface area (Å²) in [4.78, 5) is 9.86. The number of thioether (sulfide) groups is 1. The van der Waals surface area contributed by atoms with Crippen LogP contribution in [0.5, 0.6) is 5.75 Å². The van der Waals surface area contributed by atoms with Crippen molar-refractivity contribution in [1.29, 1.82) is 0 Å². The predicted molar refractivity (Wildman–Crippen MR) is 84.3 cm³/mol. The molecule has 1 aliphatic heterocycles. The van der Waals surface area contributed by atoms with Crippen molar-refractivity contribution in [3.8, 4) is 5.75 Å². The lowest BCUT2D eigenvalue weighted by Crippen LogP contribution is -2.23. The molecular weight excluding hydrogens is 270 g/mol. The summed E-state index contributed by atoms with van der Waals surface area (Å²) in [7, 11) is 0. The second-order valence-corrected chi connectivity index (χ2v) is 6.59. The topological polar surface area (TPSA) is 41.1 Å². The monoisotopic (exact) mass is 291 g/mol. The first-order valence-corrected chi connectivity index (χ1v) is 8.30. The Morgan fingerprint density at radius 1 is 1.40 bits per heavy atom. The van der Waals surface area contributed by atoms with E-state index in [4.69, 9.17) is 4.74 Å². The Labute approximate surface area is 123 Å². The van der Waals surface area contributed by atoms with Crippen LogP contribution in [0.2, 0.25) is 0 Å². The Kier molecular flexibility index (Phi) is 4.47. The number of ether oxygens (including phenoxy) is 1. The zero-order chi connectivity index (χ0) is 13.8. The second kappa shape index (κ2) is 6.50. The first-order chi connectivity index (χ1) is 9.81. The van der Waals surface area contributed by atoms with Crippen LogP contribution in [-0.4, -0.2) is 45.7 Å².